The fourth-order valence-corrected chi connectivity index (χ4v) is 2.96. The van der Waals surface area contributed by atoms with Crippen molar-refractivity contribution in [3.05, 3.63) is 63.4 Å². The molecule has 0 fully saturated rings. The minimum Gasteiger partial charge on any atom is -0.333 e. The summed E-state index contributed by atoms with van der Waals surface area (Å²) in [4.78, 5) is 26.0. The molecule has 0 unspecified atom stereocenters. The van der Waals surface area contributed by atoms with Gasteiger partial charge in [-0.05, 0) is 36.2 Å². The molecule has 0 atom stereocenters. The summed E-state index contributed by atoms with van der Waals surface area (Å²) in [6.07, 6.45) is 0.524. The molecule has 2 aromatic carbocycles. The minimum absolute atomic E-state index is 0.0528. The van der Waals surface area contributed by atoms with E-state index in [1.165, 1.54) is 11.0 Å². The second-order valence-electron chi connectivity index (χ2n) is 6.00. The van der Waals surface area contributed by atoms with Crippen molar-refractivity contribution in [1.82, 2.24) is 4.90 Å². The Morgan fingerprint density at radius 2 is 1.79 bits per heavy atom. The lowest BCUT2D eigenvalue weighted by molar-refractivity contribution is -0.134. The van der Waals surface area contributed by atoms with E-state index >= 15 is 0 Å². The van der Waals surface area contributed by atoms with Crippen LogP contribution in [0.25, 0.3) is 0 Å². The van der Waals surface area contributed by atoms with Crippen LogP contribution in [0.15, 0.2) is 30.3 Å². The van der Waals surface area contributed by atoms with Gasteiger partial charge in [-0.2, -0.15) is 0 Å². The summed E-state index contributed by atoms with van der Waals surface area (Å²) in [7, 11) is 0. The largest absolute Gasteiger partial charge is 0.333 e. The number of nitrogens with one attached hydrogen (secondary N) is 1. The fourth-order valence-electron chi connectivity index (χ4n) is 2.49. The third-order valence-corrected chi connectivity index (χ3v) is 4.43. The predicted octanol–water partition coefficient (Wildman–Crippen LogP) is 4.83. The summed E-state index contributed by atoms with van der Waals surface area (Å²) in [6, 6.07) is 6.33. The van der Waals surface area contributed by atoms with Crippen molar-refractivity contribution in [2.45, 2.75) is 19.8 Å². The molecule has 28 heavy (non-hydrogen) atoms. The molecule has 2 aromatic rings. The van der Waals surface area contributed by atoms with Crippen LogP contribution < -0.4 is 5.32 Å². The van der Waals surface area contributed by atoms with Crippen molar-refractivity contribution in [2.24, 2.45) is 0 Å². The molecular formula is C19H17Cl2F3N2O2. The number of nitrogens with zero attached hydrogens (tertiary/aromatic N) is 1. The summed E-state index contributed by atoms with van der Waals surface area (Å²) >= 11 is 11.9. The topological polar surface area (TPSA) is 49.4 Å². The lowest BCUT2D eigenvalue weighted by Gasteiger charge is -2.22. The molecule has 0 heterocycles. The molecular weight excluding hydrogens is 416 g/mol. The van der Waals surface area contributed by atoms with Gasteiger partial charge in [0.1, 0.15) is 0 Å². The Morgan fingerprint density at radius 1 is 1.07 bits per heavy atom. The molecule has 0 bridgehead atoms. The Kier molecular flexibility index (Phi) is 7.71. The zero-order chi connectivity index (χ0) is 20.8. The van der Waals surface area contributed by atoms with Crippen molar-refractivity contribution in [1.29, 1.82) is 0 Å². The Bertz CT molecular complexity index is 894. The number of benzene rings is 2. The van der Waals surface area contributed by atoms with Crippen LogP contribution in [0.1, 0.15) is 18.9 Å². The number of halogens is 5. The molecule has 0 saturated heterocycles. The maximum absolute atomic E-state index is 13.7. The van der Waals surface area contributed by atoms with Crippen molar-refractivity contribution >= 4 is 40.7 Å². The number of amides is 2. The van der Waals surface area contributed by atoms with E-state index in [1.54, 1.807) is 12.1 Å². The van der Waals surface area contributed by atoms with Crippen LogP contribution in [0, 0.1) is 17.5 Å². The molecule has 150 valence electrons. The maximum Gasteiger partial charge on any atom is 0.244 e. The third-order valence-electron chi connectivity index (χ3n) is 3.85. The predicted molar refractivity (Wildman–Crippen MR) is 102 cm³/mol. The monoisotopic (exact) mass is 432 g/mol. The van der Waals surface area contributed by atoms with Gasteiger partial charge in [-0.3, -0.25) is 9.59 Å². The molecule has 2 amide bonds. The number of carbonyl (C=O) groups is 2. The zero-order valence-electron chi connectivity index (χ0n) is 14.9. The standard InChI is InChI=1S/C19H17Cl2F3N2O2/c1-2-7-26(17(28)8-11-3-4-12(20)9-13(11)21)10-16(27)25-15-6-5-14(22)18(23)19(15)24/h3-6,9H,2,7-8,10H2,1H3,(H,25,27). The highest BCUT2D eigenvalue weighted by Crippen LogP contribution is 2.22. The summed E-state index contributed by atoms with van der Waals surface area (Å²) in [5, 5.41) is 2.90. The van der Waals surface area contributed by atoms with Crippen molar-refractivity contribution in [2.75, 3.05) is 18.4 Å². The summed E-state index contributed by atoms with van der Waals surface area (Å²) in [5.41, 5.74) is 0.0396. The Hall–Kier alpha value is -2.25. The molecule has 9 heteroatoms. The highest BCUT2D eigenvalue weighted by Gasteiger charge is 2.20. The van der Waals surface area contributed by atoms with E-state index in [0.717, 1.165) is 6.07 Å². The first-order chi connectivity index (χ1) is 13.2. The molecule has 0 aromatic heterocycles. The van der Waals surface area contributed by atoms with Crippen LogP contribution in [0.5, 0.6) is 0 Å². The van der Waals surface area contributed by atoms with Crippen molar-refractivity contribution < 1.29 is 22.8 Å². The third kappa shape index (κ3) is 5.62. The van der Waals surface area contributed by atoms with Gasteiger partial charge in [-0.1, -0.05) is 36.2 Å². The van der Waals surface area contributed by atoms with E-state index in [9.17, 15) is 22.8 Å². The highest BCUT2D eigenvalue weighted by molar-refractivity contribution is 6.35. The van der Waals surface area contributed by atoms with Gasteiger partial charge in [0.2, 0.25) is 11.8 Å². The zero-order valence-corrected chi connectivity index (χ0v) is 16.4. The van der Waals surface area contributed by atoms with E-state index < -0.39 is 29.0 Å². The van der Waals surface area contributed by atoms with E-state index in [0.29, 0.717) is 28.1 Å². The number of anilines is 1. The molecule has 0 aliphatic rings. The van der Waals surface area contributed by atoms with Gasteiger partial charge in [0.25, 0.3) is 0 Å². The molecule has 0 spiro atoms. The van der Waals surface area contributed by atoms with E-state index in [-0.39, 0.29) is 25.4 Å². The van der Waals surface area contributed by atoms with E-state index in [1.807, 2.05) is 6.92 Å². The van der Waals surface area contributed by atoms with Gasteiger partial charge < -0.3 is 10.2 Å². The summed E-state index contributed by atoms with van der Waals surface area (Å²) in [5.74, 6) is -5.66. The molecule has 0 saturated carbocycles. The van der Waals surface area contributed by atoms with Crippen LogP contribution in [-0.4, -0.2) is 29.8 Å². The molecule has 4 nitrogen and oxygen atoms in total. The number of hydrogen-bond donors (Lipinski definition) is 1. The molecule has 2 rings (SSSR count). The number of carbonyl (C=O) groups excluding carboxylic acids is 2. The average molecular weight is 433 g/mol. The number of rotatable bonds is 7. The SMILES string of the molecule is CCCN(CC(=O)Nc1ccc(F)c(F)c1F)C(=O)Cc1ccc(Cl)cc1Cl. The van der Waals surface area contributed by atoms with Gasteiger partial charge in [-0.15, -0.1) is 0 Å². The lowest BCUT2D eigenvalue weighted by atomic mass is 10.1. The van der Waals surface area contributed by atoms with Crippen LogP contribution in [0.3, 0.4) is 0 Å². The first-order valence-corrected chi connectivity index (χ1v) is 9.13. The molecule has 0 radical (unpaired) electrons. The normalized spacial score (nSPS) is 10.6. The molecule has 0 aliphatic heterocycles. The van der Waals surface area contributed by atoms with Crippen LogP contribution in [0.2, 0.25) is 10.0 Å². The quantitative estimate of drug-likeness (QED) is 0.636. The minimum atomic E-state index is -1.68. The smallest absolute Gasteiger partial charge is 0.244 e. The second-order valence-corrected chi connectivity index (χ2v) is 6.84. The van der Waals surface area contributed by atoms with Crippen LogP contribution >= 0.6 is 23.2 Å². The van der Waals surface area contributed by atoms with Gasteiger partial charge >= 0.3 is 0 Å². The molecule has 0 aliphatic carbocycles. The van der Waals surface area contributed by atoms with Gasteiger partial charge in [-0.25, -0.2) is 13.2 Å². The second kappa shape index (κ2) is 9.80. The van der Waals surface area contributed by atoms with Crippen molar-refractivity contribution in [3.63, 3.8) is 0 Å². The van der Waals surface area contributed by atoms with E-state index in [2.05, 4.69) is 5.32 Å². The van der Waals surface area contributed by atoms with Gasteiger partial charge in [0, 0.05) is 16.6 Å². The summed E-state index contributed by atoms with van der Waals surface area (Å²) in [6.45, 7) is 1.72. The molecule has 1 N–H and O–H groups in total. The van der Waals surface area contributed by atoms with Crippen LogP contribution in [0.4, 0.5) is 18.9 Å². The Balaban J connectivity index is 2.08. The maximum atomic E-state index is 13.7. The fraction of sp³-hybridized carbons (Fsp3) is 0.263. The number of hydrogen-bond acceptors (Lipinski definition) is 2. The summed E-state index contributed by atoms with van der Waals surface area (Å²) < 4.78 is 39.9. The highest BCUT2D eigenvalue weighted by atomic mass is 35.5. The Morgan fingerprint density at radius 3 is 2.43 bits per heavy atom. The lowest BCUT2D eigenvalue weighted by Crippen LogP contribution is -2.39. The first kappa shape index (κ1) is 22.0. The first-order valence-electron chi connectivity index (χ1n) is 8.38. The van der Waals surface area contributed by atoms with E-state index in [4.69, 9.17) is 23.2 Å². The van der Waals surface area contributed by atoms with Gasteiger partial charge in [0.15, 0.2) is 17.5 Å². The average Bonchev–Trinajstić information content (AvgIpc) is 2.64. The van der Waals surface area contributed by atoms with Gasteiger partial charge in [0.05, 0.1) is 18.7 Å². The van der Waals surface area contributed by atoms with Crippen LogP contribution in [-0.2, 0) is 16.0 Å². The van der Waals surface area contributed by atoms with Crippen molar-refractivity contribution in [3.8, 4) is 0 Å². The Labute approximate surface area is 170 Å².